The van der Waals surface area contributed by atoms with Gasteiger partial charge in [-0.2, -0.15) is 13.2 Å². The molecule has 1 aliphatic carbocycles. The molecule has 0 heterocycles. The molecule has 0 radical (unpaired) electrons. The van der Waals surface area contributed by atoms with Gasteiger partial charge in [0.1, 0.15) is 5.75 Å². The number of halogens is 3. The molecule has 0 unspecified atom stereocenters. The SMILES string of the molecule is C[C@H]1C[C@H]1C(=O)NCC(=O)NCc1cccc(OCC(F)(F)F)c1. The van der Waals surface area contributed by atoms with E-state index in [1.165, 1.54) is 12.1 Å². The molecule has 5 nitrogen and oxygen atoms in total. The third-order valence-electron chi connectivity index (χ3n) is 3.66. The Kier molecular flexibility index (Phi) is 5.69. The molecular formula is C16H19F3N2O3. The molecular weight excluding hydrogens is 325 g/mol. The molecule has 2 atom stereocenters. The number of amides is 2. The molecule has 0 aliphatic heterocycles. The number of benzene rings is 1. The molecule has 0 saturated heterocycles. The summed E-state index contributed by atoms with van der Waals surface area (Å²) in [5.41, 5.74) is 0.602. The highest BCUT2D eigenvalue weighted by atomic mass is 19.4. The average molecular weight is 344 g/mol. The largest absolute Gasteiger partial charge is 0.484 e. The van der Waals surface area contributed by atoms with Crippen LogP contribution in [-0.2, 0) is 16.1 Å². The van der Waals surface area contributed by atoms with Crippen LogP contribution in [0.1, 0.15) is 18.9 Å². The first-order chi connectivity index (χ1) is 11.2. The molecule has 1 saturated carbocycles. The van der Waals surface area contributed by atoms with Crippen molar-refractivity contribution in [3.05, 3.63) is 29.8 Å². The zero-order chi connectivity index (χ0) is 17.7. The molecule has 2 N–H and O–H groups in total. The van der Waals surface area contributed by atoms with Gasteiger partial charge in [-0.05, 0) is 30.0 Å². The first-order valence-electron chi connectivity index (χ1n) is 7.57. The molecule has 24 heavy (non-hydrogen) atoms. The summed E-state index contributed by atoms with van der Waals surface area (Å²) >= 11 is 0. The highest BCUT2D eigenvalue weighted by Crippen LogP contribution is 2.37. The monoisotopic (exact) mass is 344 g/mol. The maximum absolute atomic E-state index is 12.1. The van der Waals surface area contributed by atoms with E-state index in [1.807, 2.05) is 6.92 Å². The lowest BCUT2D eigenvalue weighted by Crippen LogP contribution is -2.37. The first kappa shape index (κ1) is 18.1. The van der Waals surface area contributed by atoms with Crippen LogP contribution in [-0.4, -0.2) is 31.1 Å². The molecule has 8 heteroatoms. The van der Waals surface area contributed by atoms with E-state index < -0.39 is 12.8 Å². The lowest BCUT2D eigenvalue weighted by atomic mass is 10.2. The summed E-state index contributed by atoms with van der Waals surface area (Å²) in [6.07, 6.45) is -3.56. The van der Waals surface area contributed by atoms with E-state index >= 15 is 0 Å². The molecule has 1 fully saturated rings. The molecule has 0 spiro atoms. The van der Waals surface area contributed by atoms with Gasteiger partial charge in [-0.1, -0.05) is 19.1 Å². The van der Waals surface area contributed by atoms with Crippen molar-refractivity contribution in [3.63, 3.8) is 0 Å². The second-order valence-electron chi connectivity index (χ2n) is 5.87. The molecule has 1 aromatic rings. The molecule has 0 aromatic heterocycles. The van der Waals surface area contributed by atoms with E-state index in [4.69, 9.17) is 0 Å². The van der Waals surface area contributed by atoms with Crippen LogP contribution in [0.4, 0.5) is 13.2 Å². The minimum absolute atomic E-state index is 0.000243. The van der Waals surface area contributed by atoms with Gasteiger partial charge in [-0.15, -0.1) is 0 Å². The highest BCUT2D eigenvalue weighted by Gasteiger charge is 2.38. The van der Waals surface area contributed by atoms with E-state index in [9.17, 15) is 22.8 Å². The summed E-state index contributed by atoms with van der Waals surface area (Å²) in [6.45, 7) is 0.622. The van der Waals surface area contributed by atoms with Crippen molar-refractivity contribution in [1.29, 1.82) is 0 Å². The molecule has 0 bridgehead atoms. The summed E-state index contributed by atoms with van der Waals surface area (Å²) in [5, 5.41) is 5.15. The zero-order valence-electron chi connectivity index (χ0n) is 13.2. The number of rotatable bonds is 7. The minimum atomic E-state index is -4.40. The molecule has 1 aliphatic rings. The number of alkyl halides is 3. The molecule has 2 amide bonds. The number of carbonyl (C=O) groups is 2. The van der Waals surface area contributed by atoms with E-state index in [-0.39, 0.29) is 36.6 Å². The van der Waals surface area contributed by atoms with Crippen LogP contribution in [0.2, 0.25) is 0 Å². The van der Waals surface area contributed by atoms with Crippen molar-refractivity contribution in [2.75, 3.05) is 13.2 Å². The van der Waals surface area contributed by atoms with Crippen molar-refractivity contribution in [2.24, 2.45) is 11.8 Å². The van der Waals surface area contributed by atoms with Gasteiger partial charge in [0, 0.05) is 12.5 Å². The van der Waals surface area contributed by atoms with E-state index in [0.29, 0.717) is 11.5 Å². The maximum atomic E-state index is 12.1. The predicted molar refractivity (Wildman–Crippen MR) is 80.1 cm³/mol. The molecule has 1 aromatic carbocycles. The molecule has 2 rings (SSSR count). The Morgan fingerprint density at radius 2 is 2.00 bits per heavy atom. The van der Waals surface area contributed by atoms with E-state index in [2.05, 4.69) is 15.4 Å². The van der Waals surface area contributed by atoms with Crippen LogP contribution in [0.5, 0.6) is 5.75 Å². The minimum Gasteiger partial charge on any atom is -0.484 e. The second kappa shape index (κ2) is 7.55. The van der Waals surface area contributed by atoms with Gasteiger partial charge in [0.15, 0.2) is 6.61 Å². The quantitative estimate of drug-likeness (QED) is 0.795. The van der Waals surface area contributed by atoms with Crippen LogP contribution < -0.4 is 15.4 Å². The van der Waals surface area contributed by atoms with Crippen LogP contribution in [0.25, 0.3) is 0 Å². The molecule has 132 valence electrons. The zero-order valence-corrected chi connectivity index (χ0v) is 13.2. The van der Waals surface area contributed by atoms with Gasteiger partial charge < -0.3 is 15.4 Å². The fraction of sp³-hybridized carbons (Fsp3) is 0.500. The van der Waals surface area contributed by atoms with E-state index in [1.54, 1.807) is 12.1 Å². The van der Waals surface area contributed by atoms with Gasteiger partial charge in [0.05, 0.1) is 6.54 Å². The van der Waals surface area contributed by atoms with Gasteiger partial charge in [0.25, 0.3) is 0 Å². The standard InChI is InChI=1S/C16H19F3N2O3/c1-10-5-13(10)15(23)21-8-14(22)20-7-11-3-2-4-12(6-11)24-9-16(17,18)19/h2-4,6,10,13H,5,7-9H2,1H3,(H,20,22)(H,21,23)/t10-,13+/m0/s1. The topological polar surface area (TPSA) is 67.4 Å². The maximum Gasteiger partial charge on any atom is 0.422 e. The number of hydrogen-bond acceptors (Lipinski definition) is 3. The fourth-order valence-corrected chi connectivity index (χ4v) is 2.16. The fourth-order valence-electron chi connectivity index (χ4n) is 2.16. The number of carbonyl (C=O) groups excluding carboxylic acids is 2. The predicted octanol–water partition coefficient (Wildman–Crippen LogP) is 2.02. The van der Waals surface area contributed by atoms with Crippen molar-refractivity contribution in [3.8, 4) is 5.75 Å². The van der Waals surface area contributed by atoms with Crippen LogP contribution in [0.15, 0.2) is 24.3 Å². The Morgan fingerprint density at radius 3 is 2.62 bits per heavy atom. The Labute approximate surface area is 137 Å². The summed E-state index contributed by atoms with van der Waals surface area (Å²) in [6, 6.07) is 6.04. The van der Waals surface area contributed by atoms with Crippen molar-refractivity contribution >= 4 is 11.8 Å². The summed E-state index contributed by atoms with van der Waals surface area (Å²) in [7, 11) is 0. The van der Waals surface area contributed by atoms with Crippen molar-refractivity contribution in [1.82, 2.24) is 10.6 Å². The number of hydrogen-bond donors (Lipinski definition) is 2. The lowest BCUT2D eigenvalue weighted by Gasteiger charge is -2.11. The van der Waals surface area contributed by atoms with Gasteiger partial charge in [0.2, 0.25) is 11.8 Å². The summed E-state index contributed by atoms with van der Waals surface area (Å²) in [4.78, 5) is 23.3. The summed E-state index contributed by atoms with van der Waals surface area (Å²) in [5.74, 6) is -0.0404. The smallest absolute Gasteiger partial charge is 0.422 e. The van der Waals surface area contributed by atoms with Gasteiger partial charge >= 0.3 is 6.18 Å². The average Bonchev–Trinajstić information content (AvgIpc) is 3.25. The van der Waals surface area contributed by atoms with Crippen molar-refractivity contribution < 1.29 is 27.5 Å². The Hall–Kier alpha value is -2.25. The lowest BCUT2D eigenvalue weighted by molar-refractivity contribution is -0.153. The van der Waals surface area contributed by atoms with Crippen LogP contribution in [0.3, 0.4) is 0 Å². The summed E-state index contributed by atoms with van der Waals surface area (Å²) < 4.78 is 41.0. The highest BCUT2D eigenvalue weighted by molar-refractivity contribution is 5.87. The van der Waals surface area contributed by atoms with Crippen LogP contribution >= 0.6 is 0 Å². The number of ether oxygens (including phenoxy) is 1. The van der Waals surface area contributed by atoms with Gasteiger partial charge in [-0.25, -0.2) is 0 Å². The van der Waals surface area contributed by atoms with E-state index in [0.717, 1.165) is 6.42 Å². The Bertz CT molecular complexity index is 604. The Balaban J connectivity index is 1.73. The second-order valence-corrected chi connectivity index (χ2v) is 5.87. The van der Waals surface area contributed by atoms with Crippen molar-refractivity contribution in [2.45, 2.75) is 26.1 Å². The van der Waals surface area contributed by atoms with Gasteiger partial charge in [-0.3, -0.25) is 9.59 Å². The Morgan fingerprint density at radius 1 is 1.29 bits per heavy atom. The third kappa shape index (κ3) is 6.10. The first-order valence-corrected chi connectivity index (χ1v) is 7.57. The van der Waals surface area contributed by atoms with Crippen LogP contribution in [0, 0.1) is 11.8 Å². The normalized spacial score (nSPS) is 19.5. The number of nitrogens with one attached hydrogen (secondary N) is 2. The third-order valence-corrected chi connectivity index (χ3v) is 3.66.